The molecule has 2 unspecified atom stereocenters. The van der Waals surface area contributed by atoms with Gasteiger partial charge in [0.2, 0.25) is 0 Å². The molecule has 0 spiro atoms. The van der Waals surface area contributed by atoms with Crippen molar-refractivity contribution in [1.29, 1.82) is 0 Å². The number of carboxylic acid groups (broad SMARTS) is 1. The Morgan fingerprint density at radius 2 is 2.29 bits per heavy atom. The molecule has 1 aliphatic carbocycles. The highest BCUT2D eigenvalue weighted by Crippen LogP contribution is 2.49. The van der Waals surface area contributed by atoms with Crippen molar-refractivity contribution in [2.75, 3.05) is 0 Å². The second-order valence-electron chi connectivity index (χ2n) is 3.74. The molecule has 2 atom stereocenters. The van der Waals surface area contributed by atoms with Crippen LogP contribution in [0.15, 0.2) is 18.2 Å². The molecule has 1 aliphatic rings. The highest BCUT2D eigenvalue weighted by molar-refractivity contribution is 6.31. The number of rotatable bonds is 2. The smallest absolute Gasteiger partial charge is 0.307 e. The van der Waals surface area contributed by atoms with Gasteiger partial charge in [0, 0.05) is 5.02 Å². The monoisotopic (exact) mass is 210 g/mol. The summed E-state index contributed by atoms with van der Waals surface area (Å²) in [6.07, 6.45) is 0.747. The van der Waals surface area contributed by atoms with Crippen molar-refractivity contribution in [3.63, 3.8) is 0 Å². The lowest BCUT2D eigenvalue weighted by Gasteiger charge is -2.05. The number of carbonyl (C=O) groups is 1. The third kappa shape index (κ3) is 1.50. The number of carboxylic acids is 1. The highest BCUT2D eigenvalue weighted by atomic mass is 35.5. The third-order valence-corrected chi connectivity index (χ3v) is 3.23. The molecular formula is C11H11ClO2. The predicted molar refractivity (Wildman–Crippen MR) is 54.7 cm³/mol. The van der Waals surface area contributed by atoms with Gasteiger partial charge in [-0.15, -0.1) is 0 Å². The van der Waals surface area contributed by atoms with Crippen LogP contribution in [0.3, 0.4) is 0 Å². The molecule has 0 aromatic heterocycles. The largest absolute Gasteiger partial charge is 0.481 e. The lowest BCUT2D eigenvalue weighted by molar-refractivity contribution is -0.138. The fourth-order valence-electron chi connectivity index (χ4n) is 1.84. The lowest BCUT2D eigenvalue weighted by Crippen LogP contribution is -1.99. The first-order valence-electron chi connectivity index (χ1n) is 4.59. The van der Waals surface area contributed by atoms with Crippen molar-refractivity contribution in [1.82, 2.24) is 0 Å². The highest BCUT2D eigenvalue weighted by Gasteiger charge is 2.44. The molecule has 0 bridgehead atoms. The molecule has 0 amide bonds. The van der Waals surface area contributed by atoms with Gasteiger partial charge in [0.05, 0.1) is 5.92 Å². The fraction of sp³-hybridized carbons (Fsp3) is 0.364. The minimum atomic E-state index is -0.700. The SMILES string of the molecule is Cc1c(Cl)cccc1C1CC1C(=O)O. The molecule has 14 heavy (non-hydrogen) atoms. The van der Waals surface area contributed by atoms with Gasteiger partial charge in [-0.1, -0.05) is 23.7 Å². The molecule has 0 heterocycles. The van der Waals surface area contributed by atoms with Gasteiger partial charge in [-0.2, -0.15) is 0 Å². The van der Waals surface area contributed by atoms with Crippen LogP contribution in [0.2, 0.25) is 5.02 Å². The van der Waals surface area contributed by atoms with Crippen LogP contribution in [0.5, 0.6) is 0 Å². The minimum Gasteiger partial charge on any atom is -0.481 e. The number of hydrogen-bond donors (Lipinski definition) is 1. The van der Waals surface area contributed by atoms with E-state index in [-0.39, 0.29) is 11.8 Å². The lowest BCUT2D eigenvalue weighted by atomic mass is 10.0. The summed E-state index contributed by atoms with van der Waals surface area (Å²) in [6, 6.07) is 5.68. The van der Waals surface area contributed by atoms with Crippen LogP contribution < -0.4 is 0 Å². The van der Waals surface area contributed by atoms with Crippen molar-refractivity contribution in [2.24, 2.45) is 5.92 Å². The van der Waals surface area contributed by atoms with Crippen LogP contribution >= 0.6 is 11.6 Å². The van der Waals surface area contributed by atoms with Crippen LogP contribution in [-0.2, 0) is 4.79 Å². The van der Waals surface area contributed by atoms with Crippen LogP contribution in [0.1, 0.15) is 23.5 Å². The molecule has 74 valence electrons. The summed E-state index contributed by atoms with van der Waals surface area (Å²) in [5, 5.41) is 9.53. The van der Waals surface area contributed by atoms with Gasteiger partial charge in [-0.25, -0.2) is 0 Å². The molecule has 1 aromatic carbocycles. The van der Waals surface area contributed by atoms with Crippen LogP contribution in [0.4, 0.5) is 0 Å². The molecule has 1 fully saturated rings. The molecule has 0 radical (unpaired) electrons. The Bertz CT molecular complexity index is 387. The van der Waals surface area contributed by atoms with Gasteiger partial charge < -0.3 is 5.11 Å². The van der Waals surface area contributed by atoms with E-state index in [1.807, 2.05) is 25.1 Å². The van der Waals surface area contributed by atoms with Crippen molar-refractivity contribution < 1.29 is 9.90 Å². The standard InChI is InChI=1S/C11H11ClO2/c1-6-7(3-2-4-10(6)12)8-5-9(8)11(13)14/h2-4,8-9H,5H2,1H3,(H,13,14). The average molecular weight is 211 g/mol. The topological polar surface area (TPSA) is 37.3 Å². The molecule has 0 saturated heterocycles. The van der Waals surface area contributed by atoms with Gasteiger partial charge in [0.15, 0.2) is 0 Å². The molecule has 1 aromatic rings. The number of hydrogen-bond acceptors (Lipinski definition) is 1. The van der Waals surface area contributed by atoms with Gasteiger partial charge in [-0.3, -0.25) is 4.79 Å². The van der Waals surface area contributed by atoms with Gasteiger partial charge >= 0.3 is 5.97 Å². The van der Waals surface area contributed by atoms with E-state index >= 15 is 0 Å². The molecule has 3 heteroatoms. The second kappa shape index (κ2) is 3.28. The zero-order chi connectivity index (χ0) is 10.3. The summed E-state index contributed by atoms with van der Waals surface area (Å²) >= 11 is 5.97. The zero-order valence-electron chi connectivity index (χ0n) is 7.83. The summed E-state index contributed by atoms with van der Waals surface area (Å²) in [5.74, 6) is -0.729. The van der Waals surface area contributed by atoms with Crippen molar-refractivity contribution >= 4 is 17.6 Å². The Labute approximate surface area is 87.5 Å². The molecule has 1 N–H and O–H groups in total. The first-order chi connectivity index (χ1) is 6.61. The van der Waals surface area contributed by atoms with Gasteiger partial charge in [-0.05, 0) is 36.5 Å². The molecule has 2 nitrogen and oxygen atoms in total. The third-order valence-electron chi connectivity index (χ3n) is 2.82. The van der Waals surface area contributed by atoms with E-state index in [2.05, 4.69) is 0 Å². The first kappa shape index (κ1) is 9.53. The minimum absolute atomic E-state index is 0.172. The molecule has 0 aliphatic heterocycles. The van der Waals surface area contributed by atoms with Gasteiger partial charge in [0.25, 0.3) is 0 Å². The van der Waals surface area contributed by atoms with Crippen LogP contribution in [0, 0.1) is 12.8 Å². The number of aliphatic carboxylic acids is 1. The van der Waals surface area contributed by atoms with E-state index in [1.54, 1.807) is 0 Å². The van der Waals surface area contributed by atoms with E-state index in [9.17, 15) is 4.79 Å². The van der Waals surface area contributed by atoms with Crippen LogP contribution in [-0.4, -0.2) is 11.1 Å². The fourth-order valence-corrected chi connectivity index (χ4v) is 2.02. The van der Waals surface area contributed by atoms with E-state index < -0.39 is 5.97 Å². The maximum atomic E-state index is 10.7. The predicted octanol–water partition coefficient (Wildman–Crippen LogP) is 2.84. The van der Waals surface area contributed by atoms with E-state index in [0.717, 1.165) is 22.6 Å². The maximum Gasteiger partial charge on any atom is 0.307 e. The summed E-state index contributed by atoms with van der Waals surface area (Å²) < 4.78 is 0. The zero-order valence-corrected chi connectivity index (χ0v) is 8.58. The molecule has 1 saturated carbocycles. The Kier molecular flexibility index (Phi) is 2.23. The molecule has 2 rings (SSSR count). The maximum absolute atomic E-state index is 10.7. The summed E-state index contributed by atoms with van der Waals surface area (Å²) in [5.41, 5.74) is 2.10. The van der Waals surface area contributed by atoms with E-state index in [4.69, 9.17) is 16.7 Å². The average Bonchev–Trinajstić information content (AvgIpc) is 2.89. The number of benzene rings is 1. The van der Waals surface area contributed by atoms with Crippen molar-refractivity contribution in [2.45, 2.75) is 19.3 Å². The Morgan fingerprint density at radius 1 is 1.57 bits per heavy atom. The first-order valence-corrected chi connectivity index (χ1v) is 4.97. The van der Waals surface area contributed by atoms with Gasteiger partial charge in [0.1, 0.15) is 0 Å². The second-order valence-corrected chi connectivity index (χ2v) is 4.15. The summed E-state index contributed by atoms with van der Waals surface area (Å²) in [7, 11) is 0. The normalized spacial score (nSPS) is 24.7. The number of halogens is 1. The Morgan fingerprint density at radius 3 is 2.86 bits per heavy atom. The Hall–Kier alpha value is -1.02. The van der Waals surface area contributed by atoms with Crippen molar-refractivity contribution in [3.05, 3.63) is 34.3 Å². The quantitative estimate of drug-likeness (QED) is 0.815. The van der Waals surface area contributed by atoms with Crippen molar-refractivity contribution in [3.8, 4) is 0 Å². The summed E-state index contributed by atoms with van der Waals surface area (Å²) in [6.45, 7) is 1.94. The molecular weight excluding hydrogens is 200 g/mol. The van der Waals surface area contributed by atoms with E-state index in [1.165, 1.54) is 0 Å². The Balaban J connectivity index is 2.27. The van der Waals surface area contributed by atoms with Crippen LogP contribution in [0.25, 0.3) is 0 Å². The summed E-state index contributed by atoms with van der Waals surface area (Å²) in [4.78, 5) is 10.7. The van der Waals surface area contributed by atoms with E-state index in [0.29, 0.717) is 0 Å².